The summed E-state index contributed by atoms with van der Waals surface area (Å²) in [6.45, 7) is 6.07. The van der Waals surface area contributed by atoms with Gasteiger partial charge in [-0.25, -0.2) is 4.98 Å². The molecule has 0 bridgehead atoms. The zero-order chi connectivity index (χ0) is 23.1. The average Bonchev–Trinajstić information content (AvgIpc) is 3.18. The fraction of sp³-hybridized carbons (Fsp3) is 0.103. The van der Waals surface area contributed by atoms with Crippen molar-refractivity contribution in [3.63, 3.8) is 0 Å². The van der Waals surface area contributed by atoms with Crippen molar-refractivity contribution in [2.45, 2.75) is 20.8 Å². The fourth-order valence-electron chi connectivity index (χ4n) is 4.22. The monoisotopic (exact) mass is 448 g/mol. The zero-order valence-electron chi connectivity index (χ0n) is 18.8. The second kappa shape index (κ2) is 8.30. The largest absolute Gasteiger partial charge is 0.397 e. The lowest BCUT2D eigenvalue weighted by atomic mass is 9.96. The van der Waals surface area contributed by atoms with Crippen molar-refractivity contribution in [1.82, 2.24) is 4.98 Å². The van der Waals surface area contributed by atoms with Crippen molar-refractivity contribution in [3.8, 4) is 22.4 Å². The number of hydrogen-bond acceptors (Lipinski definition) is 4. The Morgan fingerprint density at radius 3 is 2.06 bits per heavy atom. The predicted molar refractivity (Wildman–Crippen MR) is 139 cm³/mol. The molecule has 0 aliphatic heterocycles. The van der Waals surface area contributed by atoms with Crippen LogP contribution in [0.25, 0.3) is 32.6 Å². The van der Waals surface area contributed by atoms with Gasteiger partial charge < -0.3 is 5.73 Å². The third-order valence-electron chi connectivity index (χ3n) is 6.14. The van der Waals surface area contributed by atoms with E-state index >= 15 is 0 Å². The molecule has 0 spiro atoms. The van der Waals surface area contributed by atoms with Gasteiger partial charge in [0.15, 0.2) is 0 Å². The van der Waals surface area contributed by atoms with E-state index in [0.717, 1.165) is 43.7 Å². The summed E-state index contributed by atoms with van der Waals surface area (Å²) >= 11 is 1.38. The van der Waals surface area contributed by atoms with E-state index in [9.17, 15) is 4.79 Å². The zero-order valence-corrected chi connectivity index (χ0v) is 19.7. The lowest BCUT2D eigenvalue weighted by Crippen LogP contribution is -2.05. The summed E-state index contributed by atoms with van der Waals surface area (Å²) in [7, 11) is 0. The normalized spacial score (nSPS) is 11.1. The highest BCUT2D eigenvalue weighted by Crippen LogP contribution is 2.42. The minimum absolute atomic E-state index is 0.0450. The van der Waals surface area contributed by atoms with Crippen molar-refractivity contribution in [1.29, 1.82) is 0 Å². The second-order valence-electron chi connectivity index (χ2n) is 8.39. The number of carbonyl (C=O) groups is 1. The van der Waals surface area contributed by atoms with Gasteiger partial charge in [-0.2, -0.15) is 0 Å². The van der Waals surface area contributed by atoms with Crippen molar-refractivity contribution in [2.24, 2.45) is 0 Å². The number of thiophene rings is 1. The molecule has 0 saturated heterocycles. The Labute approximate surface area is 197 Å². The van der Waals surface area contributed by atoms with Crippen LogP contribution >= 0.6 is 11.3 Å². The van der Waals surface area contributed by atoms with Crippen LogP contribution in [-0.4, -0.2) is 10.8 Å². The summed E-state index contributed by atoms with van der Waals surface area (Å²) < 4.78 is 0. The van der Waals surface area contributed by atoms with Gasteiger partial charge in [-0.15, -0.1) is 11.3 Å². The summed E-state index contributed by atoms with van der Waals surface area (Å²) in [6, 6.07) is 26.3. The Balaban J connectivity index is 1.76. The molecular weight excluding hydrogens is 424 g/mol. The molecular formula is C29H24N2OS. The summed E-state index contributed by atoms with van der Waals surface area (Å²) in [5.41, 5.74) is 15.0. The van der Waals surface area contributed by atoms with Crippen LogP contribution in [0.15, 0.2) is 78.9 Å². The van der Waals surface area contributed by atoms with Crippen molar-refractivity contribution < 1.29 is 4.79 Å². The minimum atomic E-state index is -0.0450. The molecule has 3 nitrogen and oxygen atoms in total. The Hall–Kier alpha value is -3.76. The molecule has 2 aromatic heterocycles. The maximum atomic E-state index is 13.6. The molecule has 2 N–H and O–H groups in total. The highest BCUT2D eigenvalue weighted by atomic mass is 32.1. The highest BCUT2D eigenvalue weighted by molar-refractivity contribution is 7.21. The number of pyridine rings is 1. The molecule has 0 unspecified atom stereocenters. The third kappa shape index (κ3) is 3.73. The quantitative estimate of drug-likeness (QED) is 0.292. The number of anilines is 1. The predicted octanol–water partition coefficient (Wildman–Crippen LogP) is 7.37. The van der Waals surface area contributed by atoms with Crippen molar-refractivity contribution in [3.05, 3.63) is 106 Å². The van der Waals surface area contributed by atoms with Gasteiger partial charge in [0.1, 0.15) is 9.71 Å². The van der Waals surface area contributed by atoms with Gasteiger partial charge in [0.05, 0.1) is 11.4 Å². The van der Waals surface area contributed by atoms with Crippen LogP contribution in [0.4, 0.5) is 5.69 Å². The van der Waals surface area contributed by atoms with Gasteiger partial charge in [-0.3, -0.25) is 4.79 Å². The molecule has 2 heterocycles. The van der Waals surface area contributed by atoms with E-state index in [2.05, 4.69) is 31.2 Å². The molecule has 4 heteroatoms. The van der Waals surface area contributed by atoms with Crippen LogP contribution in [0, 0.1) is 20.8 Å². The van der Waals surface area contributed by atoms with E-state index in [-0.39, 0.29) is 5.78 Å². The number of rotatable bonds is 4. The topological polar surface area (TPSA) is 56.0 Å². The lowest BCUT2D eigenvalue weighted by molar-refractivity contribution is 0.104. The summed E-state index contributed by atoms with van der Waals surface area (Å²) in [5.74, 6) is -0.0450. The Bertz CT molecular complexity index is 1500. The van der Waals surface area contributed by atoms with Gasteiger partial charge in [0.25, 0.3) is 0 Å². The first kappa shape index (κ1) is 21.1. The first-order valence-corrected chi connectivity index (χ1v) is 11.7. The Kier molecular flexibility index (Phi) is 5.31. The molecule has 33 heavy (non-hydrogen) atoms. The second-order valence-corrected chi connectivity index (χ2v) is 9.39. The fourth-order valence-corrected chi connectivity index (χ4v) is 5.29. The first-order chi connectivity index (χ1) is 15.9. The first-order valence-electron chi connectivity index (χ1n) is 10.9. The maximum absolute atomic E-state index is 13.6. The van der Waals surface area contributed by atoms with E-state index < -0.39 is 0 Å². The van der Waals surface area contributed by atoms with Crippen LogP contribution in [0.1, 0.15) is 31.9 Å². The van der Waals surface area contributed by atoms with Crippen LogP contribution in [0.2, 0.25) is 0 Å². The number of hydrogen-bond donors (Lipinski definition) is 1. The van der Waals surface area contributed by atoms with Crippen LogP contribution in [-0.2, 0) is 0 Å². The smallest absolute Gasteiger partial charge is 0.205 e. The highest BCUT2D eigenvalue weighted by Gasteiger charge is 2.23. The van der Waals surface area contributed by atoms with Crippen LogP contribution in [0.5, 0.6) is 0 Å². The SMILES string of the molecule is Cc1cc(C)c(C(=O)c2sc3nc(-c4ccccc4)cc(-c4ccccc4)c3c2N)cc1C. The van der Waals surface area contributed by atoms with Crippen molar-refractivity contribution in [2.75, 3.05) is 5.73 Å². The standard InChI is InChI=1S/C29H24N2OS/c1-17-14-19(3)22(15-18(17)2)27(32)28-26(30)25-23(20-10-6-4-7-11-20)16-24(31-29(25)33-28)21-12-8-5-9-13-21/h4-16H,30H2,1-3H3. The molecule has 5 rings (SSSR count). The number of aromatic nitrogens is 1. The summed E-state index contributed by atoms with van der Waals surface area (Å²) in [6.07, 6.45) is 0. The number of carbonyl (C=O) groups excluding carboxylic acids is 1. The number of ketones is 1. The number of aryl methyl sites for hydroxylation is 3. The van der Waals surface area contributed by atoms with Crippen LogP contribution < -0.4 is 5.73 Å². The maximum Gasteiger partial charge on any atom is 0.205 e. The number of nitrogens with two attached hydrogens (primary N) is 1. The number of fused-ring (bicyclic) bond motifs is 1. The molecule has 0 atom stereocenters. The van der Waals surface area contributed by atoms with E-state index in [1.165, 1.54) is 16.9 Å². The molecule has 0 saturated carbocycles. The molecule has 0 aliphatic carbocycles. The minimum Gasteiger partial charge on any atom is -0.397 e. The van der Waals surface area contributed by atoms with Crippen molar-refractivity contribution >= 4 is 33.0 Å². The number of nitrogens with zero attached hydrogens (tertiary/aromatic N) is 1. The van der Waals surface area contributed by atoms with Gasteiger partial charge >= 0.3 is 0 Å². The van der Waals surface area contributed by atoms with E-state index in [1.54, 1.807) is 0 Å². The molecule has 3 aromatic carbocycles. The van der Waals surface area contributed by atoms with E-state index in [1.807, 2.05) is 68.4 Å². The molecule has 5 aromatic rings. The van der Waals surface area contributed by atoms with E-state index in [4.69, 9.17) is 10.7 Å². The summed E-state index contributed by atoms with van der Waals surface area (Å²) in [4.78, 5) is 19.9. The molecule has 0 aliphatic rings. The lowest BCUT2D eigenvalue weighted by Gasteiger charge is -2.09. The molecule has 0 amide bonds. The van der Waals surface area contributed by atoms with Crippen LogP contribution in [0.3, 0.4) is 0 Å². The molecule has 162 valence electrons. The Morgan fingerprint density at radius 2 is 1.39 bits per heavy atom. The number of nitrogen functional groups attached to an aromatic ring is 1. The average molecular weight is 449 g/mol. The molecule has 0 radical (unpaired) electrons. The Morgan fingerprint density at radius 1 is 0.788 bits per heavy atom. The van der Waals surface area contributed by atoms with E-state index in [0.29, 0.717) is 16.1 Å². The van der Waals surface area contributed by atoms with Gasteiger partial charge in [0.2, 0.25) is 5.78 Å². The van der Waals surface area contributed by atoms with Gasteiger partial charge in [-0.05, 0) is 60.7 Å². The van der Waals surface area contributed by atoms with Gasteiger partial charge in [-0.1, -0.05) is 66.7 Å². The third-order valence-corrected chi connectivity index (χ3v) is 7.24. The number of benzene rings is 3. The molecule has 0 fully saturated rings. The van der Waals surface area contributed by atoms with Gasteiger partial charge in [0, 0.05) is 16.5 Å². The summed E-state index contributed by atoms with van der Waals surface area (Å²) in [5, 5.41) is 0.843.